The molecule has 2 rings (SSSR count). The molecule has 0 spiro atoms. The van der Waals surface area contributed by atoms with E-state index in [4.69, 9.17) is 10.8 Å². The Morgan fingerprint density at radius 1 is 0.944 bits per heavy atom. The van der Waals surface area contributed by atoms with Crippen molar-refractivity contribution >= 4 is 29.7 Å². The van der Waals surface area contributed by atoms with Gasteiger partial charge in [-0.2, -0.15) is 0 Å². The van der Waals surface area contributed by atoms with Crippen molar-refractivity contribution in [1.82, 2.24) is 25.9 Å². The molecule has 4 unspecified atom stereocenters. The maximum absolute atomic E-state index is 13.0. The number of aromatic hydroxyl groups is 1. The van der Waals surface area contributed by atoms with Gasteiger partial charge >= 0.3 is 11.9 Å². The van der Waals surface area contributed by atoms with Crippen molar-refractivity contribution in [3.8, 4) is 5.75 Å². The number of carbonyl (C=O) groups is 5. The number of nitrogens with two attached hydrogens (primary N) is 1. The maximum atomic E-state index is 13.0. The van der Waals surface area contributed by atoms with Crippen LogP contribution in [0.1, 0.15) is 24.6 Å². The Hall–Kier alpha value is -4.46. The third-order valence-corrected chi connectivity index (χ3v) is 5.09. The van der Waals surface area contributed by atoms with Crippen molar-refractivity contribution in [2.45, 2.75) is 50.4 Å². The Balaban J connectivity index is 2.14. The number of imidazole rings is 1. The highest BCUT2D eigenvalue weighted by Crippen LogP contribution is 2.12. The second kappa shape index (κ2) is 12.9. The van der Waals surface area contributed by atoms with Crippen LogP contribution in [0.2, 0.25) is 0 Å². The topological polar surface area (TPSA) is 237 Å². The predicted octanol–water partition coefficient (Wildman–Crippen LogP) is -1.74. The number of carboxylic acids is 2. The molecule has 1 heterocycles. The number of nitrogens with one attached hydrogen (secondary N) is 4. The normalized spacial score (nSPS) is 14.1. The van der Waals surface area contributed by atoms with Crippen molar-refractivity contribution in [2.75, 3.05) is 0 Å². The van der Waals surface area contributed by atoms with E-state index in [1.54, 1.807) is 0 Å². The van der Waals surface area contributed by atoms with E-state index in [9.17, 15) is 34.2 Å². The molecule has 0 saturated heterocycles. The Morgan fingerprint density at radius 2 is 1.58 bits per heavy atom. The molecule has 0 aliphatic heterocycles. The number of nitrogens with zero attached hydrogens (tertiary/aromatic N) is 1. The van der Waals surface area contributed by atoms with Gasteiger partial charge in [-0.25, -0.2) is 9.78 Å². The van der Waals surface area contributed by atoms with Gasteiger partial charge in [-0.3, -0.25) is 19.2 Å². The summed E-state index contributed by atoms with van der Waals surface area (Å²) < 4.78 is 0. The summed E-state index contributed by atoms with van der Waals surface area (Å²) in [5.74, 6) is -5.06. The highest BCUT2D eigenvalue weighted by Gasteiger charge is 2.29. The number of aromatic nitrogens is 2. The number of H-pyrrole nitrogens is 1. The van der Waals surface area contributed by atoms with Crippen molar-refractivity contribution in [2.24, 2.45) is 5.73 Å². The van der Waals surface area contributed by atoms with E-state index in [-0.39, 0.29) is 18.6 Å². The number of carbonyl (C=O) groups excluding carboxylic acids is 3. The number of hydrogen-bond donors (Lipinski definition) is 8. The first-order valence-corrected chi connectivity index (χ1v) is 10.8. The molecular formula is C22H28N6O8. The zero-order chi connectivity index (χ0) is 26.8. The molecule has 0 fully saturated rings. The second-order valence-electron chi connectivity index (χ2n) is 8.05. The lowest BCUT2D eigenvalue weighted by Gasteiger charge is -2.24. The second-order valence-corrected chi connectivity index (χ2v) is 8.05. The van der Waals surface area contributed by atoms with Crippen LogP contribution in [0.25, 0.3) is 0 Å². The molecule has 14 nitrogen and oxygen atoms in total. The quantitative estimate of drug-likeness (QED) is 0.153. The highest BCUT2D eigenvalue weighted by atomic mass is 16.4. The SMILES string of the molecule is CC(NC(=O)C(N)CC(=O)O)C(=O)NC(Cc1ccc(O)cc1)C(=O)NC(Cc1cnc[nH]1)C(=O)O. The van der Waals surface area contributed by atoms with Crippen LogP contribution in [0.15, 0.2) is 36.8 Å². The van der Waals surface area contributed by atoms with Gasteiger partial charge in [-0.15, -0.1) is 0 Å². The fourth-order valence-electron chi connectivity index (χ4n) is 3.13. The van der Waals surface area contributed by atoms with E-state index < -0.39 is 60.2 Å². The monoisotopic (exact) mass is 504 g/mol. The first-order valence-electron chi connectivity index (χ1n) is 10.8. The van der Waals surface area contributed by atoms with Crippen LogP contribution in [-0.2, 0) is 36.8 Å². The molecule has 1 aromatic carbocycles. The van der Waals surface area contributed by atoms with Gasteiger partial charge in [0.25, 0.3) is 0 Å². The Labute approximate surface area is 205 Å². The standard InChI is InChI=1S/C22H28N6O8/c1-11(26-20(33)15(23)8-18(30)31)19(32)27-16(6-12-2-4-14(29)5-3-12)21(34)28-17(22(35)36)7-13-9-24-10-25-13/h2-5,9-11,15-17,29H,6-8,23H2,1H3,(H,24,25)(H,26,33)(H,27,32)(H,28,34)(H,30,31)(H,35,36). The average molecular weight is 505 g/mol. The van der Waals surface area contributed by atoms with Crippen LogP contribution >= 0.6 is 0 Å². The number of aromatic amines is 1. The number of phenolic OH excluding ortho intramolecular Hbond substituents is 1. The molecule has 3 amide bonds. The van der Waals surface area contributed by atoms with E-state index in [2.05, 4.69) is 25.9 Å². The third-order valence-electron chi connectivity index (χ3n) is 5.09. The molecule has 0 radical (unpaired) electrons. The largest absolute Gasteiger partial charge is 0.508 e. The summed E-state index contributed by atoms with van der Waals surface area (Å²) in [6.07, 6.45) is 1.99. The molecule has 0 saturated carbocycles. The van der Waals surface area contributed by atoms with Crippen molar-refractivity contribution in [3.63, 3.8) is 0 Å². The first-order chi connectivity index (χ1) is 17.0. The molecule has 9 N–H and O–H groups in total. The highest BCUT2D eigenvalue weighted by molar-refractivity contribution is 5.94. The van der Waals surface area contributed by atoms with Gasteiger partial charge < -0.3 is 42.0 Å². The predicted molar refractivity (Wildman–Crippen MR) is 123 cm³/mol. The van der Waals surface area contributed by atoms with Gasteiger partial charge in [0.2, 0.25) is 17.7 Å². The fraction of sp³-hybridized carbons (Fsp3) is 0.364. The summed E-state index contributed by atoms with van der Waals surface area (Å²) in [7, 11) is 0. The van der Waals surface area contributed by atoms with Gasteiger partial charge in [-0.05, 0) is 24.6 Å². The number of rotatable bonds is 13. The summed E-state index contributed by atoms with van der Waals surface area (Å²) in [5, 5.41) is 34.9. The molecule has 0 aliphatic carbocycles. The van der Waals surface area contributed by atoms with E-state index >= 15 is 0 Å². The maximum Gasteiger partial charge on any atom is 0.326 e. The molecule has 0 bridgehead atoms. The van der Waals surface area contributed by atoms with Crippen LogP contribution in [0, 0.1) is 0 Å². The lowest BCUT2D eigenvalue weighted by molar-refractivity contribution is -0.142. The summed E-state index contributed by atoms with van der Waals surface area (Å²) in [6.45, 7) is 1.31. The van der Waals surface area contributed by atoms with Crippen LogP contribution in [0.4, 0.5) is 0 Å². The van der Waals surface area contributed by atoms with E-state index in [0.29, 0.717) is 11.3 Å². The van der Waals surface area contributed by atoms with Crippen molar-refractivity contribution < 1.29 is 39.3 Å². The summed E-state index contributed by atoms with van der Waals surface area (Å²) >= 11 is 0. The number of aliphatic carboxylic acids is 2. The van der Waals surface area contributed by atoms with Gasteiger partial charge in [0.1, 0.15) is 23.9 Å². The van der Waals surface area contributed by atoms with Gasteiger partial charge in [0, 0.05) is 24.7 Å². The average Bonchev–Trinajstić information content (AvgIpc) is 3.32. The molecular weight excluding hydrogens is 476 g/mol. The number of benzene rings is 1. The van der Waals surface area contributed by atoms with E-state index in [1.165, 1.54) is 43.7 Å². The number of carboxylic acid groups (broad SMARTS) is 2. The van der Waals surface area contributed by atoms with Gasteiger partial charge in [-0.1, -0.05) is 12.1 Å². The lowest BCUT2D eigenvalue weighted by atomic mass is 10.0. The summed E-state index contributed by atoms with van der Waals surface area (Å²) in [5.41, 5.74) is 6.52. The lowest BCUT2D eigenvalue weighted by Crippen LogP contribution is -2.57. The molecule has 0 aliphatic rings. The zero-order valence-electron chi connectivity index (χ0n) is 19.3. The molecule has 2 aromatic rings. The molecule has 14 heteroatoms. The van der Waals surface area contributed by atoms with Crippen LogP contribution in [0.5, 0.6) is 5.75 Å². The number of phenols is 1. The molecule has 1 aromatic heterocycles. The summed E-state index contributed by atoms with van der Waals surface area (Å²) in [4.78, 5) is 66.8. The molecule has 36 heavy (non-hydrogen) atoms. The number of amides is 3. The third kappa shape index (κ3) is 8.72. The first kappa shape index (κ1) is 27.8. The van der Waals surface area contributed by atoms with Crippen molar-refractivity contribution in [1.29, 1.82) is 0 Å². The minimum atomic E-state index is -1.38. The smallest absolute Gasteiger partial charge is 0.326 e. The van der Waals surface area contributed by atoms with Crippen LogP contribution in [-0.4, -0.2) is 79.1 Å². The van der Waals surface area contributed by atoms with Gasteiger partial charge in [0.15, 0.2) is 0 Å². The Kier molecular flexibility index (Phi) is 9.92. The fourth-order valence-corrected chi connectivity index (χ4v) is 3.13. The van der Waals surface area contributed by atoms with Gasteiger partial charge in [0.05, 0.1) is 18.8 Å². The van der Waals surface area contributed by atoms with Crippen molar-refractivity contribution in [3.05, 3.63) is 48.0 Å². The van der Waals surface area contributed by atoms with Crippen LogP contribution < -0.4 is 21.7 Å². The Bertz CT molecular complexity index is 1070. The van der Waals surface area contributed by atoms with E-state index in [0.717, 1.165) is 0 Å². The molecule has 4 atom stereocenters. The number of hydrogen-bond acceptors (Lipinski definition) is 8. The van der Waals surface area contributed by atoms with E-state index in [1.807, 2.05) is 0 Å². The van der Waals surface area contributed by atoms with Crippen LogP contribution in [0.3, 0.4) is 0 Å². The minimum Gasteiger partial charge on any atom is -0.508 e. The zero-order valence-corrected chi connectivity index (χ0v) is 19.3. The summed E-state index contributed by atoms with van der Waals surface area (Å²) in [6, 6.07) is 0.670. The minimum absolute atomic E-state index is 0.0108. The Morgan fingerprint density at radius 3 is 2.14 bits per heavy atom. The molecule has 194 valence electrons.